The number of aromatic nitrogens is 2. The highest BCUT2D eigenvalue weighted by Gasteiger charge is 2.03. The number of alkyl halides is 1. The Morgan fingerprint density at radius 3 is 2.93 bits per heavy atom. The summed E-state index contributed by atoms with van der Waals surface area (Å²) in [6.07, 6.45) is 4.64. The topological polar surface area (TPSA) is 37.8 Å². The predicted octanol–water partition coefficient (Wildman–Crippen LogP) is 2.86. The Kier molecular flexibility index (Phi) is 5.40. The molecule has 1 unspecified atom stereocenters. The highest BCUT2D eigenvalue weighted by Crippen LogP contribution is 2.09. The molecule has 3 nitrogen and oxygen atoms in total. The molecular formula is C11H18ClN3. The number of anilines is 1. The van der Waals surface area contributed by atoms with E-state index in [0.717, 1.165) is 36.7 Å². The molecule has 84 valence electrons. The molecule has 1 atom stereocenters. The van der Waals surface area contributed by atoms with Gasteiger partial charge < -0.3 is 5.32 Å². The molecule has 0 saturated heterocycles. The van der Waals surface area contributed by atoms with Crippen LogP contribution in [-0.2, 0) is 6.42 Å². The molecule has 0 bridgehead atoms. The fourth-order valence-electron chi connectivity index (χ4n) is 1.38. The number of nitrogens with zero attached hydrogens (tertiary/aromatic N) is 2. The number of hydrogen-bond acceptors (Lipinski definition) is 3. The van der Waals surface area contributed by atoms with Crippen LogP contribution in [0.4, 0.5) is 5.82 Å². The van der Waals surface area contributed by atoms with E-state index in [2.05, 4.69) is 29.1 Å². The average Bonchev–Trinajstić information content (AvgIpc) is 2.26. The van der Waals surface area contributed by atoms with Crippen LogP contribution in [0.5, 0.6) is 0 Å². The van der Waals surface area contributed by atoms with Gasteiger partial charge in [-0.1, -0.05) is 6.92 Å². The molecule has 0 saturated carbocycles. The predicted molar refractivity (Wildman–Crippen MR) is 64.4 cm³/mol. The van der Waals surface area contributed by atoms with Crippen LogP contribution < -0.4 is 5.32 Å². The Bertz CT molecular complexity index is 291. The first-order valence-corrected chi connectivity index (χ1v) is 5.93. The number of nitrogens with one attached hydrogen (secondary N) is 1. The Morgan fingerprint density at radius 2 is 2.27 bits per heavy atom. The molecule has 0 aliphatic carbocycles. The maximum absolute atomic E-state index is 5.64. The largest absolute Gasteiger partial charge is 0.368 e. The number of halogens is 1. The van der Waals surface area contributed by atoms with Gasteiger partial charge in [0, 0.05) is 23.7 Å². The third-order valence-electron chi connectivity index (χ3n) is 2.25. The molecule has 15 heavy (non-hydrogen) atoms. The summed E-state index contributed by atoms with van der Waals surface area (Å²) >= 11 is 5.64. The molecule has 1 heterocycles. The molecule has 0 radical (unpaired) electrons. The molecule has 1 N–H and O–H groups in total. The lowest BCUT2D eigenvalue weighted by Gasteiger charge is -2.13. The molecule has 0 fully saturated rings. The zero-order chi connectivity index (χ0) is 11.1. The van der Waals surface area contributed by atoms with E-state index >= 15 is 0 Å². The first-order valence-electron chi connectivity index (χ1n) is 5.39. The Labute approximate surface area is 96.3 Å². The second-order valence-electron chi connectivity index (χ2n) is 3.62. The van der Waals surface area contributed by atoms with Crippen molar-refractivity contribution in [2.45, 2.75) is 39.2 Å². The molecule has 0 aliphatic heterocycles. The van der Waals surface area contributed by atoms with E-state index in [1.54, 1.807) is 6.33 Å². The minimum atomic E-state index is 0.406. The van der Waals surface area contributed by atoms with Gasteiger partial charge in [-0.3, -0.25) is 0 Å². The van der Waals surface area contributed by atoms with Gasteiger partial charge in [-0.25, -0.2) is 9.97 Å². The summed E-state index contributed by atoms with van der Waals surface area (Å²) in [5.41, 5.74) is 1.07. The maximum atomic E-state index is 5.64. The minimum Gasteiger partial charge on any atom is -0.368 e. The molecule has 0 amide bonds. The molecule has 0 aromatic carbocycles. The second-order valence-corrected chi connectivity index (χ2v) is 4.00. The molecule has 0 spiro atoms. The van der Waals surface area contributed by atoms with Crippen molar-refractivity contribution in [3.05, 3.63) is 18.1 Å². The Morgan fingerprint density at radius 1 is 1.47 bits per heavy atom. The van der Waals surface area contributed by atoms with Crippen molar-refractivity contribution >= 4 is 17.4 Å². The van der Waals surface area contributed by atoms with Crippen LogP contribution in [-0.4, -0.2) is 21.9 Å². The van der Waals surface area contributed by atoms with Gasteiger partial charge >= 0.3 is 0 Å². The van der Waals surface area contributed by atoms with Crippen LogP contribution in [0.2, 0.25) is 0 Å². The van der Waals surface area contributed by atoms with Crippen molar-refractivity contribution < 1.29 is 0 Å². The lowest BCUT2D eigenvalue weighted by atomic mass is 10.2. The fraction of sp³-hybridized carbons (Fsp3) is 0.636. The zero-order valence-corrected chi connectivity index (χ0v) is 10.1. The van der Waals surface area contributed by atoms with Gasteiger partial charge in [0.1, 0.15) is 12.1 Å². The number of hydrogen-bond donors (Lipinski definition) is 1. The molecule has 1 rings (SSSR count). The summed E-state index contributed by atoms with van der Waals surface area (Å²) < 4.78 is 0. The number of rotatable bonds is 6. The summed E-state index contributed by atoms with van der Waals surface area (Å²) in [5, 5.41) is 3.34. The minimum absolute atomic E-state index is 0.406. The SMILES string of the molecule is CCc1cc(NC(C)CCCCl)ncn1. The van der Waals surface area contributed by atoms with Gasteiger partial charge in [0.05, 0.1) is 0 Å². The lowest BCUT2D eigenvalue weighted by Crippen LogP contribution is -2.16. The summed E-state index contributed by atoms with van der Waals surface area (Å²) in [6.45, 7) is 4.23. The molecule has 1 aromatic heterocycles. The smallest absolute Gasteiger partial charge is 0.129 e. The highest BCUT2D eigenvalue weighted by molar-refractivity contribution is 6.17. The second kappa shape index (κ2) is 6.62. The van der Waals surface area contributed by atoms with Gasteiger partial charge in [-0.2, -0.15) is 0 Å². The molecular weight excluding hydrogens is 210 g/mol. The molecule has 0 aliphatic rings. The number of aryl methyl sites for hydroxylation is 1. The van der Waals surface area contributed by atoms with E-state index in [9.17, 15) is 0 Å². The van der Waals surface area contributed by atoms with Gasteiger partial charge in [-0.15, -0.1) is 11.6 Å². The normalized spacial score (nSPS) is 12.5. The van der Waals surface area contributed by atoms with Crippen LogP contribution in [0.15, 0.2) is 12.4 Å². The van der Waals surface area contributed by atoms with Crippen molar-refractivity contribution in [1.82, 2.24) is 9.97 Å². The first kappa shape index (κ1) is 12.2. The maximum Gasteiger partial charge on any atom is 0.129 e. The van der Waals surface area contributed by atoms with Gasteiger partial charge in [0.15, 0.2) is 0 Å². The summed E-state index contributed by atoms with van der Waals surface area (Å²) in [6, 6.07) is 2.40. The van der Waals surface area contributed by atoms with Crippen molar-refractivity contribution in [2.75, 3.05) is 11.2 Å². The molecule has 1 aromatic rings. The average molecular weight is 228 g/mol. The summed E-state index contributed by atoms with van der Waals surface area (Å²) in [4.78, 5) is 8.34. The van der Waals surface area contributed by atoms with Gasteiger partial charge in [0.25, 0.3) is 0 Å². The van der Waals surface area contributed by atoms with Crippen molar-refractivity contribution in [3.63, 3.8) is 0 Å². The van der Waals surface area contributed by atoms with E-state index in [4.69, 9.17) is 11.6 Å². The zero-order valence-electron chi connectivity index (χ0n) is 9.33. The van der Waals surface area contributed by atoms with E-state index in [0.29, 0.717) is 6.04 Å². The van der Waals surface area contributed by atoms with Crippen molar-refractivity contribution in [2.24, 2.45) is 0 Å². The van der Waals surface area contributed by atoms with Crippen molar-refractivity contribution in [1.29, 1.82) is 0 Å². The van der Waals surface area contributed by atoms with Crippen molar-refractivity contribution in [3.8, 4) is 0 Å². The van der Waals surface area contributed by atoms with E-state index in [-0.39, 0.29) is 0 Å². The van der Waals surface area contributed by atoms with Crippen LogP contribution in [0.1, 0.15) is 32.4 Å². The van der Waals surface area contributed by atoms with Gasteiger partial charge in [0.2, 0.25) is 0 Å². The monoisotopic (exact) mass is 227 g/mol. The summed E-state index contributed by atoms with van der Waals surface area (Å²) in [7, 11) is 0. The third-order valence-corrected chi connectivity index (χ3v) is 2.52. The lowest BCUT2D eigenvalue weighted by molar-refractivity contribution is 0.689. The Balaban J connectivity index is 2.48. The summed E-state index contributed by atoms with van der Waals surface area (Å²) in [5.74, 6) is 1.62. The van der Waals surface area contributed by atoms with E-state index < -0.39 is 0 Å². The Hall–Kier alpha value is -0.830. The van der Waals surface area contributed by atoms with E-state index in [1.165, 1.54) is 0 Å². The quantitative estimate of drug-likeness (QED) is 0.760. The van der Waals surface area contributed by atoms with Crippen LogP contribution in [0, 0.1) is 0 Å². The van der Waals surface area contributed by atoms with Gasteiger partial charge in [-0.05, 0) is 26.2 Å². The van der Waals surface area contributed by atoms with Crippen LogP contribution in [0.3, 0.4) is 0 Å². The first-order chi connectivity index (χ1) is 7.26. The fourth-order valence-corrected chi connectivity index (χ4v) is 1.53. The highest BCUT2D eigenvalue weighted by atomic mass is 35.5. The third kappa shape index (κ3) is 4.47. The molecule has 4 heteroatoms. The van der Waals surface area contributed by atoms with Crippen LogP contribution >= 0.6 is 11.6 Å². The standard InChI is InChI=1S/C11H18ClN3/c1-3-10-7-11(14-8-13-10)15-9(2)5-4-6-12/h7-9H,3-6H2,1-2H3,(H,13,14,15). The van der Waals surface area contributed by atoms with E-state index in [1.807, 2.05) is 6.07 Å². The van der Waals surface area contributed by atoms with Crippen LogP contribution in [0.25, 0.3) is 0 Å².